The van der Waals surface area contributed by atoms with Crippen LogP contribution in [0.25, 0.3) is 0 Å². The van der Waals surface area contributed by atoms with E-state index in [0.29, 0.717) is 5.69 Å². The van der Waals surface area contributed by atoms with Gasteiger partial charge in [-0.15, -0.1) is 0 Å². The summed E-state index contributed by atoms with van der Waals surface area (Å²) < 4.78 is 0. The van der Waals surface area contributed by atoms with Crippen molar-refractivity contribution < 1.29 is 16.3 Å². The molecule has 1 rings (SSSR count). The molecule has 0 unspecified atom stereocenters. The van der Waals surface area contributed by atoms with Crippen LogP contribution in [0, 0.1) is 17.4 Å². The first kappa shape index (κ1) is 9.74. The Morgan fingerprint density at radius 2 is 2.40 bits per heavy atom. The normalized spacial score (nSPS) is 7.00. The molecule has 1 aromatic heterocycles. The van der Waals surface area contributed by atoms with Gasteiger partial charge in [0.15, 0.2) is 0 Å². The quantitative estimate of drug-likeness (QED) is 0.516. The number of halogens is 1. The number of hydrogen-bond acceptors (Lipinski definition) is 2. The van der Waals surface area contributed by atoms with E-state index in [1.54, 1.807) is 12.1 Å². The molecule has 0 aliphatic carbocycles. The molecule has 2 nitrogen and oxygen atoms in total. The average Bonchev–Trinajstić information content (AvgIpc) is 2.10. The van der Waals surface area contributed by atoms with Crippen molar-refractivity contribution in [2.24, 2.45) is 0 Å². The Balaban J connectivity index is 0.000000371. The molecule has 0 aromatic carbocycles. The first-order chi connectivity index (χ1) is 4.93. The van der Waals surface area contributed by atoms with Gasteiger partial charge in [-0.05, 0) is 0 Å². The van der Waals surface area contributed by atoms with Crippen molar-refractivity contribution in [2.75, 3.05) is 0 Å². The zero-order chi connectivity index (χ0) is 7.82. The van der Waals surface area contributed by atoms with E-state index in [0.717, 1.165) is 0 Å². The summed E-state index contributed by atoms with van der Waals surface area (Å²) in [5.41, 5.74) is 0.434. The molecule has 10 heavy (non-hydrogen) atoms. The van der Waals surface area contributed by atoms with E-state index in [4.69, 9.17) is 5.26 Å². The first-order valence-electron chi connectivity index (χ1n) is 2.42. The summed E-state index contributed by atoms with van der Waals surface area (Å²) in [5, 5.41) is 8.21. The van der Waals surface area contributed by atoms with E-state index >= 15 is 0 Å². The van der Waals surface area contributed by atoms with Crippen LogP contribution in [0.5, 0.6) is 0 Å². The minimum absolute atomic E-state index is 0.434. The molecule has 0 spiro atoms. The van der Waals surface area contributed by atoms with Crippen LogP contribution >= 0.6 is 13.6 Å². The molecule has 0 N–H and O–H groups in total. The van der Waals surface area contributed by atoms with Crippen molar-refractivity contribution >= 4 is 13.6 Å². The molecular weight excluding hydrogens is 245 g/mol. The maximum atomic E-state index is 8.21. The van der Waals surface area contributed by atoms with Gasteiger partial charge in [0.25, 0.3) is 0 Å². The molecule has 0 saturated carbocycles. The van der Waals surface area contributed by atoms with E-state index in [-0.39, 0.29) is 0 Å². The summed E-state index contributed by atoms with van der Waals surface area (Å²) in [6.07, 6.45) is 1.47. The van der Waals surface area contributed by atoms with Crippen molar-refractivity contribution in [3.63, 3.8) is 0 Å². The van der Waals surface area contributed by atoms with Gasteiger partial charge in [-0.25, -0.2) is 12.1 Å². The molecule has 1 heterocycles. The molecule has 4 heteroatoms. The van der Waals surface area contributed by atoms with Crippen molar-refractivity contribution in [1.82, 2.24) is 4.98 Å². The van der Waals surface area contributed by atoms with E-state index < -0.39 is 0 Å². The van der Waals surface area contributed by atoms with Gasteiger partial charge in [0.2, 0.25) is 0 Å². The Hall–Kier alpha value is -0.257. The summed E-state index contributed by atoms with van der Waals surface area (Å²) in [4.78, 5) is 3.68. The number of pyridine rings is 1. The van der Waals surface area contributed by atoms with Crippen molar-refractivity contribution in [1.29, 1.82) is 5.26 Å². The second kappa shape index (κ2) is 6.86. The second-order valence-corrected chi connectivity index (χ2v) is 1.26. The molecule has 0 aliphatic heterocycles. The molecule has 0 radical (unpaired) electrons. The SMILES string of the molecule is N#Cc1cc[c-]cn1.[Zn+][Br]. The van der Waals surface area contributed by atoms with Crippen molar-refractivity contribution in [2.45, 2.75) is 0 Å². The molecular formula is C6H3BrN2Zn. The number of nitriles is 1. The van der Waals surface area contributed by atoms with Gasteiger partial charge >= 0.3 is 30.0 Å². The Kier molecular flexibility index (Phi) is 6.68. The van der Waals surface area contributed by atoms with Crippen LogP contribution in [0.1, 0.15) is 5.69 Å². The van der Waals surface area contributed by atoms with Crippen molar-refractivity contribution in [3.05, 3.63) is 30.1 Å². The second-order valence-electron chi connectivity index (χ2n) is 1.26. The van der Waals surface area contributed by atoms with Gasteiger partial charge in [-0.1, -0.05) is 6.20 Å². The summed E-state index contributed by atoms with van der Waals surface area (Å²) in [6, 6.07) is 7.87. The average molecular weight is 248 g/mol. The van der Waals surface area contributed by atoms with Gasteiger partial charge in [0.1, 0.15) is 0 Å². The fourth-order valence-electron chi connectivity index (χ4n) is 0.386. The zero-order valence-electron chi connectivity index (χ0n) is 5.21. The molecule has 0 atom stereocenters. The molecule has 1 aromatic rings. The van der Waals surface area contributed by atoms with Crippen LogP contribution in [0.3, 0.4) is 0 Å². The van der Waals surface area contributed by atoms with Crippen LogP contribution in [0.4, 0.5) is 0 Å². The molecule has 0 saturated heterocycles. The van der Waals surface area contributed by atoms with Gasteiger partial charge in [0, 0.05) is 0 Å². The molecule has 0 amide bonds. The fourth-order valence-corrected chi connectivity index (χ4v) is 0.386. The van der Waals surface area contributed by atoms with E-state index in [1.165, 1.54) is 22.5 Å². The van der Waals surface area contributed by atoms with Crippen LogP contribution in [-0.2, 0) is 16.3 Å². The number of aromatic nitrogens is 1. The Bertz CT molecular complexity index is 207. The summed E-state index contributed by atoms with van der Waals surface area (Å²) in [6.45, 7) is 0. The van der Waals surface area contributed by atoms with Crippen LogP contribution in [0.2, 0.25) is 0 Å². The van der Waals surface area contributed by atoms with Crippen LogP contribution in [0.15, 0.2) is 18.3 Å². The predicted molar refractivity (Wildman–Crippen MR) is 36.7 cm³/mol. The monoisotopic (exact) mass is 246 g/mol. The van der Waals surface area contributed by atoms with Gasteiger partial charge in [-0.3, -0.25) is 4.98 Å². The predicted octanol–water partition coefficient (Wildman–Crippen LogP) is 1.60. The summed E-state index contributed by atoms with van der Waals surface area (Å²) in [5.74, 6) is 0. The van der Waals surface area contributed by atoms with E-state index in [9.17, 15) is 0 Å². The number of hydrogen-bond donors (Lipinski definition) is 0. The summed E-state index contributed by atoms with van der Waals surface area (Å²) in [7, 11) is 0. The van der Waals surface area contributed by atoms with Crippen LogP contribution in [-0.4, -0.2) is 4.98 Å². The number of nitrogens with zero attached hydrogens (tertiary/aromatic N) is 2. The first-order valence-corrected chi connectivity index (χ1v) is 9.37. The Morgan fingerprint density at radius 1 is 1.70 bits per heavy atom. The standard InChI is InChI=1S/C6H3N2.BrH.Zn/c7-5-6-3-1-2-4-8-6;;/h1,3-4H;1H;/q-1;;+2/p-1. The zero-order valence-corrected chi connectivity index (χ0v) is 9.76. The van der Waals surface area contributed by atoms with E-state index in [1.807, 2.05) is 6.07 Å². The molecule has 0 fully saturated rings. The third kappa shape index (κ3) is 3.71. The van der Waals surface area contributed by atoms with Gasteiger partial charge in [0.05, 0.1) is 11.8 Å². The Labute approximate surface area is 76.3 Å². The third-order valence-corrected chi connectivity index (χ3v) is 0.730. The van der Waals surface area contributed by atoms with Crippen LogP contribution < -0.4 is 0 Å². The van der Waals surface area contributed by atoms with Gasteiger partial charge < -0.3 is 0 Å². The third-order valence-electron chi connectivity index (χ3n) is 0.730. The maximum absolute atomic E-state index is 8.21. The van der Waals surface area contributed by atoms with Gasteiger partial charge in [-0.2, -0.15) is 11.3 Å². The fraction of sp³-hybridized carbons (Fsp3) is 0. The molecule has 46 valence electrons. The van der Waals surface area contributed by atoms with Crippen molar-refractivity contribution in [3.8, 4) is 6.07 Å². The summed E-state index contributed by atoms with van der Waals surface area (Å²) >= 11 is 4.25. The van der Waals surface area contributed by atoms with E-state index in [2.05, 4.69) is 24.7 Å². The molecule has 0 aliphatic rings. The topological polar surface area (TPSA) is 36.7 Å². The minimum atomic E-state index is 0.434. The number of rotatable bonds is 0. The Morgan fingerprint density at radius 3 is 2.70 bits per heavy atom. The molecule has 0 bridgehead atoms.